The number of nitrogens with zero attached hydrogens (tertiary/aromatic N) is 3. The minimum atomic E-state index is -0.476. The molecule has 2 aromatic rings. The van der Waals surface area contributed by atoms with Crippen LogP contribution in [-0.2, 0) is 22.6 Å². The molecule has 0 aliphatic rings. The van der Waals surface area contributed by atoms with Crippen LogP contribution in [0.1, 0.15) is 18.2 Å². The van der Waals surface area contributed by atoms with Crippen molar-refractivity contribution < 1.29 is 14.3 Å². The highest BCUT2D eigenvalue weighted by atomic mass is 16.5. The van der Waals surface area contributed by atoms with Crippen LogP contribution in [-0.4, -0.2) is 40.1 Å². The van der Waals surface area contributed by atoms with Gasteiger partial charge in [-0.15, -0.1) is 5.10 Å². The van der Waals surface area contributed by atoms with Crippen LogP contribution < -0.4 is 10.6 Å². The van der Waals surface area contributed by atoms with E-state index in [0.717, 1.165) is 5.56 Å². The van der Waals surface area contributed by atoms with Gasteiger partial charge in [-0.1, -0.05) is 35.5 Å². The van der Waals surface area contributed by atoms with Gasteiger partial charge >= 0.3 is 12.0 Å². The zero-order chi connectivity index (χ0) is 16.5. The Labute approximate surface area is 133 Å². The van der Waals surface area contributed by atoms with E-state index in [1.165, 1.54) is 0 Å². The van der Waals surface area contributed by atoms with Gasteiger partial charge < -0.3 is 15.4 Å². The fraction of sp³-hybridized carbons (Fsp3) is 0.333. The van der Waals surface area contributed by atoms with Crippen molar-refractivity contribution in [2.24, 2.45) is 0 Å². The SMILES string of the molecule is CCOC(=O)CNC(=O)NCc1cn(Cc2ccccc2)nn1. The fourth-order valence-electron chi connectivity index (χ4n) is 1.87. The van der Waals surface area contributed by atoms with Crippen molar-refractivity contribution in [2.75, 3.05) is 13.2 Å². The molecule has 2 rings (SSSR count). The van der Waals surface area contributed by atoms with Gasteiger partial charge in [-0.2, -0.15) is 0 Å². The maximum Gasteiger partial charge on any atom is 0.325 e. The molecule has 1 heterocycles. The molecule has 0 unspecified atom stereocenters. The smallest absolute Gasteiger partial charge is 0.325 e. The lowest BCUT2D eigenvalue weighted by molar-refractivity contribution is -0.141. The second kappa shape index (κ2) is 8.52. The van der Waals surface area contributed by atoms with Gasteiger partial charge in [0.1, 0.15) is 12.2 Å². The highest BCUT2D eigenvalue weighted by Crippen LogP contribution is 2.02. The number of amides is 2. The van der Waals surface area contributed by atoms with Crippen LogP contribution in [0.3, 0.4) is 0 Å². The van der Waals surface area contributed by atoms with Crippen molar-refractivity contribution in [3.8, 4) is 0 Å². The number of carbonyl (C=O) groups excluding carboxylic acids is 2. The lowest BCUT2D eigenvalue weighted by Crippen LogP contribution is -2.38. The largest absolute Gasteiger partial charge is 0.465 e. The minimum Gasteiger partial charge on any atom is -0.465 e. The van der Waals surface area contributed by atoms with Crippen LogP contribution in [0, 0.1) is 0 Å². The number of nitrogens with one attached hydrogen (secondary N) is 2. The summed E-state index contributed by atoms with van der Waals surface area (Å²) in [5.41, 5.74) is 1.75. The first kappa shape index (κ1) is 16.5. The first-order valence-corrected chi connectivity index (χ1v) is 7.27. The molecule has 0 saturated heterocycles. The van der Waals surface area contributed by atoms with Gasteiger partial charge in [-0.25, -0.2) is 9.48 Å². The summed E-state index contributed by atoms with van der Waals surface area (Å²) in [5.74, 6) is -0.476. The van der Waals surface area contributed by atoms with Crippen molar-refractivity contribution in [3.63, 3.8) is 0 Å². The maximum absolute atomic E-state index is 11.5. The molecule has 1 aromatic carbocycles. The third kappa shape index (κ3) is 5.77. The van der Waals surface area contributed by atoms with Crippen LogP contribution in [0.2, 0.25) is 0 Å². The number of hydrogen-bond acceptors (Lipinski definition) is 5. The third-order valence-corrected chi connectivity index (χ3v) is 2.90. The number of benzene rings is 1. The molecule has 0 atom stereocenters. The van der Waals surface area contributed by atoms with Crippen molar-refractivity contribution in [1.29, 1.82) is 0 Å². The van der Waals surface area contributed by atoms with Crippen molar-refractivity contribution >= 4 is 12.0 Å². The van der Waals surface area contributed by atoms with E-state index in [-0.39, 0.29) is 19.7 Å². The number of carbonyl (C=O) groups is 2. The monoisotopic (exact) mass is 317 g/mol. The number of urea groups is 1. The Morgan fingerprint density at radius 1 is 1.22 bits per heavy atom. The second-order valence-electron chi connectivity index (χ2n) is 4.73. The summed E-state index contributed by atoms with van der Waals surface area (Å²) in [6, 6.07) is 9.42. The van der Waals surface area contributed by atoms with Crippen molar-refractivity contribution in [1.82, 2.24) is 25.6 Å². The zero-order valence-corrected chi connectivity index (χ0v) is 12.9. The van der Waals surface area contributed by atoms with Crippen LogP contribution in [0.15, 0.2) is 36.5 Å². The third-order valence-electron chi connectivity index (χ3n) is 2.90. The lowest BCUT2D eigenvalue weighted by atomic mass is 10.2. The summed E-state index contributed by atoms with van der Waals surface area (Å²) in [6.07, 6.45) is 1.76. The van der Waals surface area contributed by atoms with Gasteiger partial charge in [0.25, 0.3) is 0 Å². The molecule has 0 spiro atoms. The summed E-state index contributed by atoms with van der Waals surface area (Å²) in [4.78, 5) is 22.6. The minimum absolute atomic E-state index is 0.166. The zero-order valence-electron chi connectivity index (χ0n) is 12.9. The normalized spacial score (nSPS) is 10.1. The van der Waals surface area contributed by atoms with Gasteiger partial charge in [-0.3, -0.25) is 4.79 Å². The van der Waals surface area contributed by atoms with Gasteiger partial charge in [0.15, 0.2) is 0 Å². The van der Waals surface area contributed by atoms with E-state index < -0.39 is 12.0 Å². The van der Waals surface area contributed by atoms with Crippen molar-refractivity contribution in [3.05, 3.63) is 47.8 Å². The van der Waals surface area contributed by atoms with E-state index in [9.17, 15) is 9.59 Å². The van der Waals surface area contributed by atoms with E-state index in [1.54, 1.807) is 17.8 Å². The van der Waals surface area contributed by atoms with Crippen LogP contribution in [0.25, 0.3) is 0 Å². The van der Waals surface area contributed by atoms with Gasteiger partial charge in [0, 0.05) is 0 Å². The summed E-state index contributed by atoms with van der Waals surface area (Å²) in [5, 5.41) is 13.0. The molecule has 0 saturated carbocycles. The summed E-state index contributed by atoms with van der Waals surface area (Å²) >= 11 is 0. The average Bonchev–Trinajstić information content (AvgIpc) is 3.00. The molecule has 0 radical (unpaired) electrons. The Morgan fingerprint density at radius 2 is 2.00 bits per heavy atom. The highest BCUT2D eigenvalue weighted by Gasteiger charge is 2.07. The number of rotatable bonds is 7. The van der Waals surface area contributed by atoms with E-state index in [4.69, 9.17) is 4.74 Å². The molecule has 0 bridgehead atoms. The molecule has 8 heteroatoms. The van der Waals surface area contributed by atoms with Crippen LogP contribution in [0.4, 0.5) is 4.79 Å². The molecule has 8 nitrogen and oxygen atoms in total. The molecule has 2 amide bonds. The van der Waals surface area contributed by atoms with E-state index in [1.807, 2.05) is 30.3 Å². The number of hydrogen-bond donors (Lipinski definition) is 2. The van der Waals surface area contributed by atoms with Gasteiger partial charge in [0.2, 0.25) is 0 Å². The molecule has 1 aromatic heterocycles. The van der Waals surface area contributed by atoms with Gasteiger partial charge in [-0.05, 0) is 12.5 Å². The first-order valence-electron chi connectivity index (χ1n) is 7.27. The Hall–Kier alpha value is -2.90. The second-order valence-corrected chi connectivity index (χ2v) is 4.73. The standard InChI is InChI=1S/C15H19N5O3/c1-2-23-14(21)9-17-15(22)16-8-13-11-20(19-18-13)10-12-6-4-3-5-7-12/h3-7,11H,2,8-10H2,1H3,(H2,16,17,22). The van der Waals surface area contributed by atoms with E-state index in [0.29, 0.717) is 12.2 Å². The molecular formula is C15H19N5O3. The summed E-state index contributed by atoms with van der Waals surface area (Å²) in [7, 11) is 0. The Bertz CT molecular complexity index is 642. The molecule has 0 aliphatic heterocycles. The Morgan fingerprint density at radius 3 is 2.74 bits per heavy atom. The number of ether oxygens (including phenoxy) is 1. The highest BCUT2D eigenvalue weighted by molar-refractivity contribution is 5.80. The first-order chi connectivity index (χ1) is 11.2. The molecule has 2 N–H and O–H groups in total. The average molecular weight is 317 g/mol. The molecule has 0 aliphatic carbocycles. The van der Waals surface area contributed by atoms with Gasteiger partial charge in [0.05, 0.1) is 25.9 Å². The quantitative estimate of drug-likeness (QED) is 0.732. The molecular weight excluding hydrogens is 298 g/mol. The summed E-state index contributed by atoms with van der Waals surface area (Å²) < 4.78 is 6.41. The van der Waals surface area contributed by atoms with Crippen LogP contribution in [0.5, 0.6) is 0 Å². The summed E-state index contributed by atoms with van der Waals surface area (Å²) in [6.45, 7) is 2.66. The number of aromatic nitrogens is 3. The molecule has 122 valence electrons. The lowest BCUT2D eigenvalue weighted by Gasteiger charge is -2.05. The van der Waals surface area contributed by atoms with Crippen molar-refractivity contribution in [2.45, 2.75) is 20.0 Å². The Balaban J connectivity index is 1.74. The Kier molecular flexibility index (Phi) is 6.10. The number of esters is 1. The fourth-order valence-corrected chi connectivity index (χ4v) is 1.87. The van der Waals surface area contributed by atoms with E-state index in [2.05, 4.69) is 20.9 Å². The van der Waals surface area contributed by atoms with Crippen LogP contribution >= 0.6 is 0 Å². The molecule has 0 fully saturated rings. The topological polar surface area (TPSA) is 98.1 Å². The maximum atomic E-state index is 11.5. The predicted octanol–water partition coefficient (Wildman–Crippen LogP) is 0.689. The van der Waals surface area contributed by atoms with E-state index >= 15 is 0 Å². The molecule has 23 heavy (non-hydrogen) atoms. The predicted molar refractivity (Wildman–Crippen MR) is 82.4 cm³/mol.